The van der Waals surface area contributed by atoms with E-state index in [0.717, 1.165) is 38.0 Å². The first-order chi connectivity index (χ1) is 11.9. The molecule has 4 fully saturated rings. The lowest BCUT2D eigenvalue weighted by atomic mass is 9.47. The van der Waals surface area contributed by atoms with Crippen LogP contribution in [0.1, 0.15) is 65.2 Å². The van der Waals surface area contributed by atoms with Crippen LogP contribution in [0.4, 0.5) is 0 Å². The Kier molecular flexibility index (Phi) is 3.58. The van der Waals surface area contributed by atoms with Gasteiger partial charge in [-0.2, -0.15) is 0 Å². The molecule has 0 aromatic rings. The van der Waals surface area contributed by atoms with Gasteiger partial charge in [0.05, 0.1) is 18.8 Å². The average Bonchev–Trinajstić information content (AvgIpc) is 2.89. The van der Waals surface area contributed by atoms with E-state index in [2.05, 4.69) is 19.9 Å². The van der Waals surface area contributed by atoms with Gasteiger partial charge in [0.25, 0.3) is 0 Å². The van der Waals surface area contributed by atoms with Crippen molar-refractivity contribution in [1.29, 1.82) is 0 Å². The molecular weight excluding hydrogens is 312 g/mol. The largest absolute Gasteiger partial charge is 0.393 e. The predicted molar refractivity (Wildman–Crippen MR) is 95.9 cm³/mol. The number of rotatable bonds is 0. The molecule has 1 aliphatic heterocycles. The number of aliphatic hydroxyl groups is 1. The van der Waals surface area contributed by atoms with Gasteiger partial charge in [0.15, 0.2) is 0 Å². The van der Waals surface area contributed by atoms with Crippen molar-refractivity contribution in [3.8, 4) is 0 Å². The van der Waals surface area contributed by atoms with Crippen LogP contribution in [-0.4, -0.2) is 29.7 Å². The highest BCUT2D eigenvalue weighted by Gasteiger charge is 2.63. The smallest absolute Gasteiger partial charge is 0.141 e. The van der Waals surface area contributed by atoms with E-state index < -0.39 is 0 Å². The number of aliphatic hydroxyl groups excluding tert-OH is 1. The number of allylic oxidation sites excluding steroid dienone is 1. The third kappa shape index (κ3) is 2.15. The summed E-state index contributed by atoms with van der Waals surface area (Å²) in [5.41, 5.74) is 1.96. The molecule has 0 unspecified atom stereocenters. The van der Waals surface area contributed by atoms with Gasteiger partial charge >= 0.3 is 0 Å². The first-order valence-electron chi connectivity index (χ1n) is 10.5. The first kappa shape index (κ1) is 16.5. The monoisotopic (exact) mass is 344 g/mol. The van der Waals surface area contributed by atoms with Crippen LogP contribution in [-0.2, 0) is 9.53 Å². The molecule has 25 heavy (non-hydrogen) atoms. The minimum atomic E-state index is -0.134. The quantitative estimate of drug-likeness (QED) is 0.678. The summed E-state index contributed by atoms with van der Waals surface area (Å²) in [6.07, 6.45) is 10.8. The number of fused-ring (bicyclic) bond motifs is 7. The minimum Gasteiger partial charge on any atom is -0.393 e. The van der Waals surface area contributed by atoms with Crippen molar-refractivity contribution in [2.45, 2.75) is 77.4 Å². The van der Waals surface area contributed by atoms with Crippen LogP contribution < -0.4 is 0 Å². The zero-order valence-corrected chi connectivity index (χ0v) is 15.7. The first-order valence-corrected chi connectivity index (χ1v) is 10.5. The topological polar surface area (TPSA) is 46.5 Å². The third-order valence-electron chi connectivity index (χ3n) is 9.11. The van der Waals surface area contributed by atoms with Crippen molar-refractivity contribution in [3.63, 3.8) is 0 Å². The average molecular weight is 344 g/mol. The molecular formula is C22H32O3. The van der Waals surface area contributed by atoms with Crippen LogP contribution in [0.15, 0.2) is 11.6 Å². The van der Waals surface area contributed by atoms with E-state index >= 15 is 0 Å². The fourth-order valence-electron chi connectivity index (χ4n) is 7.84. The second-order valence-corrected chi connectivity index (χ2v) is 10.0. The standard InChI is InChI=1S/C22H32O3/c1-21-8-5-14(23)11-13(21)3-4-15-16(21)6-9-22(2)17(15)12-19-20(22)18(24)7-10-25-19/h3,14-17,19-20,23H,4-12H2,1-2H3/t14-,15+,16-,17+,19+,20-,21+,22+/m1/s1. The maximum Gasteiger partial charge on any atom is 0.141 e. The molecule has 138 valence electrons. The van der Waals surface area contributed by atoms with Crippen molar-refractivity contribution >= 4 is 5.78 Å². The molecule has 5 rings (SSSR count). The molecule has 3 heteroatoms. The highest BCUT2D eigenvalue weighted by atomic mass is 16.5. The molecule has 0 bridgehead atoms. The second kappa shape index (κ2) is 5.42. The number of Topliss-reactive ketones (excluding diaryl/α,β-unsaturated/α-hetero) is 1. The minimum absolute atomic E-state index is 0.134. The van der Waals surface area contributed by atoms with Gasteiger partial charge in [-0.1, -0.05) is 25.5 Å². The maximum atomic E-state index is 12.7. The van der Waals surface area contributed by atoms with E-state index in [1.165, 1.54) is 18.4 Å². The van der Waals surface area contributed by atoms with Gasteiger partial charge < -0.3 is 9.84 Å². The third-order valence-corrected chi connectivity index (χ3v) is 9.11. The number of hydrogen-bond acceptors (Lipinski definition) is 3. The van der Waals surface area contributed by atoms with Crippen molar-refractivity contribution in [2.75, 3.05) is 6.61 Å². The summed E-state index contributed by atoms with van der Waals surface area (Å²) in [5.74, 6) is 2.68. The number of carbonyl (C=O) groups is 1. The molecule has 0 radical (unpaired) electrons. The molecule has 0 amide bonds. The summed E-state index contributed by atoms with van der Waals surface area (Å²) < 4.78 is 6.09. The van der Waals surface area contributed by atoms with Gasteiger partial charge in [0, 0.05) is 12.3 Å². The molecule has 1 N–H and O–H groups in total. The summed E-state index contributed by atoms with van der Waals surface area (Å²) in [6, 6.07) is 0. The maximum absolute atomic E-state index is 12.7. The van der Waals surface area contributed by atoms with Gasteiger partial charge in [-0.25, -0.2) is 0 Å². The van der Waals surface area contributed by atoms with E-state index in [1.54, 1.807) is 0 Å². The Morgan fingerprint density at radius 1 is 1.20 bits per heavy atom. The van der Waals surface area contributed by atoms with Crippen molar-refractivity contribution in [3.05, 3.63) is 11.6 Å². The van der Waals surface area contributed by atoms with E-state index in [-0.39, 0.29) is 29.0 Å². The molecule has 0 aromatic carbocycles. The molecule has 3 saturated carbocycles. The number of ether oxygens (including phenoxy) is 1. The highest BCUT2D eigenvalue weighted by Crippen LogP contribution is 2.67. The van der Waals surface area contributed by atoms with E-state index in [1.807, 2.05) is 0 Å². The fraction of sp³-hybridized carbons (Fsp3) is 0.864. The summed E-state index contributed by atoms with van der Waals surface area (Å²) in [7, 11) is 0. The molecule has 0 spiro atoms. The SMILES string of the molecule is C[C@]12CC[C@@H]3[C@H](CC=C4C[C@H](O)CC[C@@]43C)[C@@H]1C[C@@H]1OCCC(=O)[C@H]12. The van der Waals surface area contributed by atoms with Crippen LogP contribution >= 0.6 is 0 Å². The number of carbonyl (C=O) groups excluding carboxylic acids is 1. The normalized spacial score (nSPS) is 54.8. The van der Waals surface area contributed by atoms with Crippen molar-refractivity contribution in [1.82, 2.24) is 0 Å². The second-order valence-electron chi connectivity index (χ2n) is 10.0. The lowest BCUT2D eigenvalue weighted by molar-refractivity contribution is -0.143. The number of ketones is 1. The summed E-state index contributed by atoms with van der Waals surface area (Å²) >= 11 is 0. The van der Waals surface area contributed by atoms with Gasteiger partial charge in [-0.3, -0.25) is 4.79 Å². The Labute approximate surface area is 151 Å². The Morgan fingerprint density at radius 2 is 2.04 bits per heavy atom. The molecule has 5 aliphatic rings. The fourth-order valence-corrected chi connectivity index (χ4v) is 7.84. The summed E-state index contributed by atoms with van der Waals surface area (Å²) in [4.78, 5) is 12.7. The van der Waals surface area contributed by atoms with Gasteiger partial charge in [-0.05, 0) is 73.5 Å². The molecule has 3 nitrogen and oxygen atoms in total. The summed E-state index contributed by atoms with van der Waals surface area (Å²) in [5, 5.41) is 10.1. The van der Waals surface area contributed by atoms with Gasteiger partial charge in [0.1, 0.15) is 5.78 Å². The van der Waals surface area contributed by atoms with E-state index in [4.69, 9.17) is 4.74 Å². The Balaban J connectivity index is 1.50. The Bertz CT molecular complexity index is 625. The zero-order valence-electron chi connectivity index (χ0n) is 15.7. The van der Waals surface area contributed by atoms with Gasteiger partial charge in [0.2, 0.25) is 0 Å². The van der Waals surface area contributed by atoms with Crippen LogP contribution in [0, 0.1) is 34.5 Å². The van der Waals surface area contributed by atoms with Crippen molar-refractivity contribution < 1.29 is 14.6 Å². The molecule has 1 heterocycles. The number of hydrogen-bond donors (Lipinski definition) is 1. The molecule has 1 saturated heterocycles. The summed E-state index contributed by atoms with van der Waals surface area (Å²) in [6.45, 7) is 5.50. The van der Waals surface area contributed by atoms with Crippen molar-refractivity contribution in [2.24, 2.45) is 34.5 Å². The van der Waals surface area contributed by atoms with E-state index in [9.17, 15) is 9.90 Å². The Hall–Kier alpha value is -0.670. The molecule has 8 atom stereocenters. The van der Waals surface area contributed by atoms with Crippen LogP contribution in [0.2, 0.25) is 0 Å². The molecule has 4 aliphatic carbocycles. The zero-order chi connectivity index (χ0) is 17.4. The van der Waals surface area contributed by atoms with Gasteiger partial charge in [-0.15, -0.1) is 0 Å². The lowest BCUT2D eigenvalue weighted by Crippen LogP contribution is -2.51. The van der Waals surface area contributed by atoms with Crippen LogP contribution in [0.25, 0.3) is 0 Å². The highest BCUT2D eigenvalue weighted by molar-refractivity contribution is 5.83. The van der Waals surface area contributed by atoms with E-state index in [0.29, 0.717) is 30.6 Å². The van der Waals surface area contributed by atoms with Crippen LogP contribution in [0.5, 0.6) is 0 Å². The Morgan fingerprint density at radius 3 is 2.88 bits per heavy atom. The lowest BCUT2D eigenvalue weighted by Gasteiger charge is -2.57. The van der Waals surface area contributed by atoms with Crippen LogP contribution in [0.3, 0.4) is 0 Å². The predicted octanol–water partition coefficient (Wildman–Crippen LogP) is 3.89. The molecule has 0 aromatic heterocycles.